The Balaban J connectivity index is 2.33. The van der Waals surface area contributed by atoms with Gasteiger partial charge in [-0.1, -0.05) is 23.4 Å². The first kappa shape index (κ1) is 14.4. The van der Waals surface area contributed by atoms with Crippen LogP contribution in [0, 0.1) is 0 Å². The summed E-state index contributed by atoms with van der Waals surface area (Å²) in [7, 11) is 0. The quantitative estimate of drug-likeness (QED) is 0.361. The second-order valence-electron chi connectivity index (χ2n) is 2.96. The van der Waals surface area contributed by atoms with Gasteiger partial charge in [0.25, 0.3) is 6.43 Å². The van der Waals surface area contributed by atoms with Gasteiger partial charge in [-0.3, -0.25) is 0 Å². The molecular formula is C9H12ClF2N3OS. The Bertz CT molecular complexity index is 357. The minimum Gasteiger partial charge on any atom is -0.374 e. The summed E-state index contributed by atoms with van der Waals surface area (Å²) >= 11 is 7.14. The van der Waals surface area contributed by atoms with E-state index in [2.05, 4.69) is 15.3 Å². The summed E-state index contributed by atoms with van der Waals surface area (Å²) in [4.78, 5) is 8.10. The summed E-state index contributed by atoms with van der Waals surface area (Å²) in [6.07, 6.45) is -0.604. The van der Waals surface area contributed by atoms with Crippen LogP contribution < -0.4 is 5.32 Å². The molecule has 1 heterocycles. The van der Waals surface area contributed by atoms with Crippen molar-refractivity contribution in [3.8, 4) is 0 Å². The Morgan fingerprint density at radius 3 is 2.94 bits per heavy atom. The molecule has 1 aromatic heterocycles. The van der Waals surface area contributed by atoms with Crippen molar-refractivity contribution in [2.24, 2.45) is 0 Å². The zero-order valence-electron chi connectivity index (χ0n) is 9.12. The molecule has 96 valence electrons. The SMILES string of the molecule is CSc1nc(Cl)cc(NCCOCC(F)F)n1. The summed E-state index contributed by atoms with van der Waals surface area (Å²) in [5, 5.41) is 3.80. The van der Waals surface area contributed by atoms with Crippen LogP contribution in [0.4, 0.5) is 14.6 Å². The molecule has 1 N–H and O–H groups in total. The lowest BCUT2D eigenvalue weighted by Crippen LogP contribution is -2.14. The minimum atomic E-state index is -2.44. The highest BCUT2D eigenvalue weighted by Gasteiger charge is 2.03. The summed E-state index contributed by atoms with van der Waals surface area (Å²) in [5.41, 5.74) is 0. The standard InChI is InChI=1S/C9H12ClF2N3OS/c1-17-9-14-6(10)4-8(15-9)13-2-3-16-5-7(11)12/h4,7H,2-3,5H2,1H3,(H,13,14,15). The van der Waals surface area contributed by atoms with Crippen LogP contribution in [0.3, 0.4) is 0 Å². The Labute approximate surface area is 107 Å². The van der Waals surface area contributed by atoms with Crippen molar-refractivity contribution in [3.63, 3.8) is 0 Å². The van der Waals surface area contributed by atoms with E-state index in [0.29, 0.717) is 22.7 Å². The van der Waals surface area contributed by atoms with Gasteiger partial charge in [0.15, 0.2) is 5.16 Å². The van der Waals surface area contributed by atoms with Gasteiger partial charge in [0.2, 0.25) is 0 Å². The first-order chi connectivity index (χ1) is 8.11. The fourth-order valence-electron chi connectivity index (χ4n) is 1.00. The Hall–Kier alpha value is -0.660. The molecule has 1 rings (SSSR count). The number of anilines is 1. The molecule has 0 aliphatic carbocycles. The number of nitrogens with zero attached hydrogens (tertiary/aromatic N) is 2. The van der Waals surface area contributed by atoms with Crippen molar-refractivity contribution in [2.45, 2.75) is 11.6 Å². The molecule has 0 bridgehead atoms. The Morgan fingerprint density at radius 2 is 2.29 bits per heavy atom. The van der Waals surface area contributed by atoms with Crippen molar-refractivity contribution in [3.05, 3.63) is 11.2 Å². The van der Waals surface area contributed by atoms with Crippen molar-refractivity contribution in [1.29, 1.82) is 0 Å². The summed E-state index contributed by atoms with van der Waals surface area (Å²) in [6, 6.07) is 1.56. The van der Waals surface area contributed by atoms with Crippen molar-refractivity contribution in [1.82, 2.24) is 9.97 Å². The van der Waals surface area contributed by atoms with Gasteiger partial charge in [-0.05, 0) is 6.26 Å². The van der Waals surface area contributed by atoms with Gasteiger partial charge in [0.05, 0.1) is 6.61 Å². The van der Waals surface area contributed by atoms with Gasteiger partial charge in [-0.2, -0.15) is 0 Å². The lowest BCUT2D eigenvalue weighted by molar-refractivity contribution is 0.0215. The van der Waals surface area contributed by atoms with E-state index >= 15 is 0 Å². The van der Waals surface area contributed by atoms with Gasteiger partial charge >= 0.3 is 0 Å². The molecule has 0 aliphatic heterocycles. The highest BCUT2D eigenvalue weighted by atomic mass is 35.5. The predicted octanol–water partition coefficient (Wildman–Crippen LogP) is 2.55. The molecule has 0 unspecified atom stereocenters. The maximum atomic E-state index is 11.8. The number of ether oxygens (including phenoxy) is 1. The van der Waals surface area contributed by atoms with Crippen LogP contribution in [0.2, 0.25) is 5.15 Å². The minimum absolute atomic E-state index is 0.181. The number of rotatable bonds is 7. The van der Waals surface area contributed by atoms with Crippen molar-refractivity contribution < 1.29 is 13.5 Å². The molecule has 0 fully saturated rings. The maximum Gasteiger partial charge on any atom is 0.261 e. The molecule has 0 aliphatic rings. The van der Waals surface area contributed by atoms with Crippen molar-refractivity contribution in [2.75, 3.05) is 31.3 Å². The molecule has 0 atom stereocenters. The van der Waals surface area contributed by atoms with E-state index in [1.54, 1.807) is 6.07 Å². The van der Waals surface area contributed by atoms with Crippen LogP contribution in [-0.4, -0.2) is 42.4 Å². The van der Waals surface area contributed by atoms with E-state index in [-0.39, 0.29) is 6.61 Å². The zero-order chi connectivity index (χ0) is 12.7. The van der Waals surface area contributed by atoms with E-state index in [0.717, 1.165) is 0 Å². The average Bonchev–Trinajstić information content (AvgIpc) is 2.27. The molecule has 0 saturated carbocycles. The second kappa shape index (κ2) is 7.62. The highest BCUT2D eigenvalue weighted by Crippen LogP contribution is 2.16. The number of aromatic nitrogens is 2. The summed E-state index contributed by atoms with van der Waals surface area (Å²) in [5.74, 6) is 0.551. The van der Waals surface area contributed by atoms with Gasteiger partial charge in [0, 0.05) is 12.6 Å². The van der Waals surface area contributed by atoms with E-state index in [9.17, 15) is 8.78 Å². The van der Waals surface area contributed by atoms with E-state index < -0.39 is 13.0 Å². The number of hydrogen-bond acceptors (Lipinski definition) is 5. The number of nitrogens with one attached hydrogen (secondary N) is 1. The largest absolute Gasteiger partial charge is 0.374 e. The van der Waals surface area contributed by atoms with Crippen LogP contribution >= 0.6 is 23.4 Å². The van der Waals surface area contributed by atoms with E-state index in [1.165, 1.54) is 11.8 Å². The van der Waals surface area contributed by atoms with Crippen LogP contribution in [0.5, 0.6) is 0 Å². The third-order valence-corrected chi connectivity index (χ3v) is 2.39. The topological polar surface area (TPSA) is 47.0 Å². The molecule has 4 nitrogen and oxygen atoms in total. The monoisotopic (exact) mass is 283 g/mol. The number of hydrogen-bond donors (Lipinski definition) is 1. The Morgan fingerprint density at radius 1 is 1.53 bits per heavy atom. The maximum absolute atomic E-state index is 11.8. The second-order valence-corrected chi connectivity index (χ2v) is 4.12. The Kier molecular flexibility index (Phi) is 6.46. The summed E-state index contributed by atoms with van der Waals surface area (Å²) in [6.45, 7) is 0.0106. The van der Waals surface area contributed by atoms with E-state index in [4.69, 9.17) is 16.3 Å². The van der Waals surface area contributed by atoms with Gasteiger partial charge in [-0.25, -0.2) is 18.7 Å². The fourth-order valence-corrected chi connectivity index (χ4v) is 1.62. The van der Waals surface area contributed by atoms with Crippen LogP contribution in [0.25, 0.3) is 0 Å². The first-order valence-electron chi connectivity index (χ1n) is 4.80. The molecule has 0 aromatic carbocycles. The molecule has 0 saturated heterocycles. The third kappa shape index (κ3) is 5.99. The average molecular weight is 284 g/mol. The van der Waals surface area contributed by atoms with Crippen LogP contribution in [0.15, 0.2) is 11.2 Å². The number of halogens is 3. The van der Waals surface area contributed by atoms with Gasteiger partial charge < -0.3 is 10.1 Å². The third-order valence-electron chi connectivity index (χ3n) is 1.65. The van der Waals surface area contributed by atoms with Gasteiger partial charge in [-0.15, -0.1) is 0 Å². The number of alkyl halides is 2. The normalized spacial score (nSPS) is 10.9. The smallest absolute Gasteiger partial charge is 0.261 e. The molecule has 0 amide bonds. The van der Waals surface area contributed by atoms with Crippen LogP contribution in [0.1, 0.15) is 0 Å². The lowest BCUT2D eigenvalue weighted by Gasteiger charge is -2.07. The molecule has 0 radical (unpaired) electrons. The zero-order valence-corrected chi connectivity index (χ0v) is 10.7. The fraction of sp³-hybridized carbons (Fsp3) is 0.556. The molecule has 8 heteroatoms. The van der Waals surface area contributed by atoms with Crippen LogP contribution in [-0.2, 0) is 4.74 Å². The number of thioether (sulfide) groups is 1. The van der Waals surface area contributed by atoms with Gasteiger partial charge in [0.1, 0.15) is 17.6 Å². The van der Waals surface area contributed by atoms with E-state index in [1.807, 2.05) is 6.26 Å². The first-order valence-corrected chi connectivity index (χ1v) is 6.40. The molecule has 17 heavy (non-hydrogen) atoms. The molecular weight excluding hydrogens is 272 g/mol. The predicted molar refractivity (Wildman–Crippen MR) is 64.1 cm³/mol. The van der Waals surface area contributed by atoms with Crippen molar-refractivity contribution >= 4 is 29.2 Å². The lowest BCUT2D eigenvalue weighted by atomic mass is 10.5. The highest BCUT2D eigenvalue weighted by molar-refractivity contribution is 7.98. The molecule has 0 spiro atoms. The molecule has 1 aromatic rings. The summed E-state index contributed by atoms with van der Waals surface area (Å²) < 4.78 is 28.2.